The van der Waals surface area contributed by atoms with Crippen molar-refractivity contribution in [3.63, 3.8) is 0 Å². The van der Waals surface area contributed by atoms with Gasteiger partial charge in [-0.3, -0.25) is 4.55 Å². The predicted molar refractivity (Wildman–Crippen MR) is 46.9 cm³/mol. The van der Waals surface area contributed by atoms with Gasteiger partial charge in [0.1, 0.15) is 0 Å². The Labute approximate surface area is 100 Å². The minimum absolute atomic E-state index is 2.44. The first kappa shape index (κ1) is 15.4. The van der Waals surface area contributed by atoms with Crippen LogP contribution >= 0.6 is 0 Å². The zero-order chi connectivity index (χ0) is 15.1. The molecule has 0 radical (unpaired) electrons. The number of benzene rings is 1. The summed E-state index contributed by atoms with van der Waals surface area (Å²) in [6, 6.07) is 0. The number of hydrogen-bond acceptors (Lipinski definition) is 2. The molecule has 0 aromatic heterocycles. The second kappa shape index (κ2) is 4.81. The third-order valence-corrected chi connectivity index (χ3v) is 2.46. The van der Waals surface area contributed by atoms with Crippen LogP contribution in [0.25, 0.3) is 5.83 Å². The van der Waals surface area contributed by atoms with Crippen LogP contribution in [-0.4, -0.2) is 13.0 Å². The number of halogens is 7. The molecule has 0 spiro atoms. The van der Waals surface area contributed by atoms with Gasteiger partial charge in [-0.2, -0.15) is 12.8 Å². The van der Waals surface area contributed by atoms with Crippen molar-refractivity contribution in [3.8, 4) is 0 Å². The lowest BCUT2D eigenvalue weighted by molar-refractivity contribution is 0.374. The molecule has 11 heteroatoms. The summed E-state index contributed by atoms with van der Waals surface area (Å²) in [5, 5.41) is -3.09. The average Bonchev–Trinajstić information content (AvgIpc) is 2.31. The third-order valence-electron chi connectivity index (χ3n) is 1.83. The van der Waals surface area contributed by atoms with Gasteiger partial charge in [-0.25, -0.2) is 26.3 Å². The molecular weight excluding hydrogens is 309 g/mol. The van der Waals surface area contributed by atoms with E-state index in [1.54, 1.807) is 0 Å². The summed E-state index contributed by atoms with van der Waals surface area (Å²) in [5.74, 6) is -16.4. The number of hydrogen-bond donors (Lipinski definition) is 1. The van der Waals surface area contributed by atoms with Crippen LogP contribution in [0.4, 0.5) is 30.7 Å². The minimum Gasteiger partial charge on any atom is -0.280 e. The molecular formula is C8HF7O3S. The lowest BCUT2D eigenvalue weighted by Gasteiger charge is -2.06. The molecule has 106 valence electrons. The van der Waals surface area contributed by atoms with Crippen LogP contribution in [0.15, 0.2) is 5.16 Å². The van der Waals surface area contributed by atoms with Crippen LogP contribution in [0.3, 0.4) is 0 Å². The predicted octanol–water partition coefficient (Wildman–Crippen LogP) is 2.83. The first-order valence-electron chi connectivity index (χ1n) is 4.04. The van der Waals surface area contributed by atoms with Crippen molar-refractivity contribution in [1.29, 1.82) is 0 Å². The Hall–Kier alpha value is -1.62. The SMILES string of the molecule is O=S(=O)(O)C(F)=C(F)c1c(F)c(F)c(F)c(F)c1F. The summed E-state index contributed by atoms with van der Waals surface area (Å²) in [6.45, 7) is 0. The van der Waals surface area contributed by atoms with Gasteiger partial charge in [0.25, 0.3) is 5.16 Å². The van der Waals surface area contributed by atoms with Crippen LogP contribution in [0.2, 0.25) is 0 Å². The van der Waals surface area contributed by atoms with Gasteiger partial charge in [0, 0.05) is 0 Å². The highest BCUT2D eigenvalue weighted by Crippen LogP contribution is 2.32. The van der Waals surface area contributed by atoms with E-state index in [4.69, 9.17) is 4.55 Å². The molecule has 0 atom stereocenters. The summed E-state index contributed by atoms with van der Waals surface area (Å²) in [5.41, 5.74) is -2.44. The normalized spacial score (nSPS) is 13.5. The molecule has 1 aromatic carbocycles. The molecule has 0 unspecified atom stereocenters. The zero-order valence-corrected chi connectivity index (χ0v) is 9.13. The maximum Gasteiger partial charge on any atom is 0.324 e. The lowest BCUT2D eigenvalue weighted by atomic mass is 10.1. The van der Waals surface area contributed by atoms with Crippen molar-refractivity contribution in [2.45, 2.75) is 0 Å². The first-order chi connectivity index (χ1) is 8.50. The highest BCUT2D eigenvalue weighted by Gasteiger charge is 2.32. The average molecular weight is 310 g/mol. The molecule has 1 N–H and O–H groups in total. The molecule has 1 rings (SSSR count). The highest BCUT2D eigenvalue weighted by molar-refractivity contribution is 7.89. The van der Waals surface area contributed by atoms with Crippen LogP contribution in [0, 0.1) is 29.1 Å². The van der Waals surface area contributed by atoms with Crippen molar-refractivity contribution in [2.75, 3.05) is 0 Å². The Morgan fingerprint density at radius 1 is 0.789 bits per heavy atom. The maximum atomic E-state index is 13.1. The molecule has 0 saturated carbocycles. The van der Waals surface area contributed by atoms with Crippen molar-refractivity contribution >= 4 is 15.9 Å². The van der Waals surface area contributed by atoms with Crippen LogP contribution in [0.5, 0.6) is 0 Å². The van der Waals surface area contributed by atoms with Crippen LogP contribution in [-0.2, 0) is 10.1 Å². The van der Waals surface area contributed by atoms with E-state index in [0.29, 0.717) is 0 Å². The molecule has 0 heterocycles. The van der Waals surface area contributed by atoms with E-state index >= 15 is 0 Å². The molecule has 1 aromatic rings. The molecule has 19 heavy (non-hydrogen) atoms. The zero-order valence-electron chi connectivity index (χ0n) is 8.32. The van der Waals surface area contributed by atoms with E-state index in [1.807, 2.05) is 0 Å². The fraction of sp³-hybridized carbons (Fsp3) is 0. The van der Waals surface area contributed by atoms with Crippen molar-refractivity contribution in [2.24, 2.45) is 0 Å². The molecule has 0 aliphatic rings. The fourth-order valence-corrected chi connectivity index (χ4v) is 1.34. The van der Waals surface area contributed by atoms with Gasteiger partial charge in [-0.05, 0) is 0 Å². The molecule has 0 fully saturated rings. The summed E-state index contributed by atoms with van der Waals surface area (Å²) in [7, 11) is -5.85. The van der Waals surface area contributed by atoms with E-state index in [9.17, 15) is 39.2 Å². The second-order valence-electron chi connectivity index (χ2n) is 3.01. The Morgan fingerprint density at radius 3 is 1.42 bits per heavy atom. The largest absolute Gasteiger partial charge is 0.324 e. The van der Waals surface area contributed by atoms with E-state index < -0.39 is 55.8 Å². The van der Waals surface area contributed by atoms with E-state index in [-0.39, 0.29) is 0 Å². The lowest BCUT2D eigenvalue weighted by Crippen LogP contribution is -2.08. The number of rotatable bonds is 2. The summed E-state index contributed by atoms with van der Waals surface area (Å²) < 4.78 is 118. The fourth-order valence-electron chi connectivity index (χ4n) is 1.01. The highest BCUT2D eigenvalue weighted by atomic mass is 32.2. The monoisotopic (exact) mass is 310 g/mol. The minimum atomic E-state index is -5.85. The Balaban J connectivity index is 3.81. The van der Waals surface area contributed by atoms with Gasteiger partial charge in [-0.15, -0.1) is 0 Å². The maximum absolute atomic E-state index is 13.1. The standard InChI is InChI=1S/C8HF7O3S/c9-2-1(4(11)8(15)19(16,17)18)3(10)6(13)7(14)5(2)12/h(H,16,17,18). The van der Waals surface area contributed by atoms with Crippen LogP contribution < -0.4 is 0 Å². The first-order valence-corrected chi connectivity index (χ1v) is 5.48. The van der Waals surface area contributed by atoms with Gasteiger partial charge >= 0.3 is 10.1 Å². The van der Waals surface area contributed by atoms with Crippen molar-refractivity contribution < 1.29 is 43.7 Å². The summed E-state index contributed by atoms with van der Waals surface area (Å²) >= 11 is 0. The van der Waals surface area contributed by atoms with Crippen LogP contribution in [0.1, 0.15) is 5.56 Å². The molecule has 3 nitrogen and oxygen atoms in total. The van der Waals surface area contributed by atoms with Gasteiger partial charge in [-0.1, -0.05) is 0 Å². The smallest absolute Gasteiger partial charge is 0.280 e. The van der Waals surface area contributed by atoms with Gasteiger partial charge in [0.15, 0.2) is 29.1 Å². The van der Waals surface area contributed by atoms with Crippen molar-refractivity contribution in [3.05, 3.63) is 39.8 Å². The van der Waals surface area contributed by atoms with E-state index in [1.165, 1.54) is 0 Å². The summed E-state index contributed by atoms with van der Waals surface area (Å²) in [6.07, 6.45) is 0. The summed E-state index contributed by atoms with van der Waals surface area (Å²) in [4.78, 5) is 0. The third kappa shape index (κ3) is 2.56. The van der Waals surface area contributed by atoms with Gasteiger partial charge < -0.3 is 0 Å². The Kier molecular flexibility index (Phi) is 3.91. The topological polar surface area (TPSA) is 54.4 Å². The quantitative estimate of drug-likeness (QED) is 0.395. The molecule has 0 aliphatic heterocycles. The Bertz CT molecular complexity index is 651. The van der Waals surface area contributed by atoms with E-state index in [2.05, 4.69) is 0 Å². The van der Waals surface area contributed by atoms with E-state index in [0.717, 1.165) is 0 Å². The molecule has 0 saturated heterocycles. The molecule has 0 aliphatic carbocycles. The second-order valence-corrected chi connectivity index (χ2v) is 4.32. The molecule has 0 bridgehead atoms. The Morgan fingerprint density at radius 2 is 1.11 bits per heavy atom. The van der Waals surface area contributed by atoms with Gasteiger partial charge in [0.2, 0.25) is 5.82 Å². The van der Waals surface area contributed by atoms with Gasteiger partial charge in [0.05, 0.1) is 5.56 Å². The molecule has 0 amide bonds. The van der Waals surface area contributed by atoms with Crippen molar-refractivity contribution in [1.82, 2.24) is 0 Å².